The molecule has 2 heterocycles. The summed E-state index contributed by atoms with van der Waals surface area (Å²) in [6.07, 6.45) is 6.09. The number of anilines is 1. The fraction of sp³-hybridized carbons (Fsp3) is 0.769. The van der Waals surface area contributed by atoms with Crippen LogP contribution in [0.1, 0.15) is 42.3 Å². The summed E-state index contributed by atoms with van der Waals surface area (Å²) >= 11 is 1.80. The zero-order valence-electron chi connectivity index (χ0n) is 10.9. The maximum Gasteiger partial charge on any atom is 0.185 e. The summed E-state index contributed by atoms with van der Waals surface area (Å²) < 4.78 is 5.48. The summed E-state index contributed by atoms with van der Waals surface area (Å²) in [4.78, 5) is 8.49. The van der Waals surface area contributed by atoms with E-state index >= 15 is 0 Å². The largest absolute Gasteiger partial charge is 0.380 e. The van der Waals surface area contributed by atoms with Crippen LogP contribution in [-0.2, 0) is 11.2 Å². The van der Waals surface area contributed by atoms with Crippen LogP contribution in [0.15, 0.2) is 0 Å². The summed E-state index contributed by atoms with van der Waals surface area (Å²) in [6, 6.07) is 0.211. The Bertz CT molecular complexity index is 420. The van der Waals surface area contributed by atoms with E-state index < -0.39 is 0 Å². The van der Waals surface area contributed by atoms with Crippen LogP contribution in [0.2, 0.25) is 0 Å². The Kier molecular flexibility index (Phi) is 3.54. The van der Waals surface area contributed by atoms with E-state index in [0.717, 1.165) is 37.5 Å². The molecule has 1 fully saturated rings. The second kappa shape index (κ2) is 5.15. The molecule has 2 unspecified atom stereocenters. The second-order valence-corrected chi connectivity index (χ2v) is 6.26. The van der Waals surface area contributed by atoms with E-state index in [1.807, 2.05) is 0 Å². The number of methoxy groups -OCH3 is 1. The van der Waals surface area contributed by atoms with Crippen molar-refractivity contribution in [3.8, 4) is 0 Å². The average molecular weight is 267 g/mol. The van der Waals surface area contributed by atoms with Crippen LogP contribution in [0.5, 0.6) is 0 Å². The highest BCUT2D eigenvalue weighted by Crippen LogP contribution is 2.37. The Morgan fingerprint density at radius 1 is 1.39 bits per heavy atom. The third-order valence-corrected chi connectivity index (χ3v) is 5.25. The van der Waals surface area contributed by atoms with Crippen LogP contribution in [0.4, 0.5) is 5.13 Å². The predicted octanol–water partition coefficient (Wildman–Crippen LogP) is 2.09. The predicted molar refractivity (Wildman–Crippen MR) is 74.2 cm³/mol. The number of nitrogens with two attached hydrogens (primary N) is 1. The SMILES string of the molecule is COC1CCCN(c2nc3c(s2)C(N)CCC3)C1. The van der Waals surface area contributed by atoms with Crippen molar-refractivity contribution in [2.45, 2.75) is 44.2 Å². The van der Waals surface area contributed by atoms with Gasteiger partial charge in [0.15, 0.2) is 5.13 Å². The fourth-order valence-electron chi connectivity index (χ4n) is 2.88. The topological polar surface area (TPSA) is 51.4 Å². The molecule has 0 spiro atoms. The minimum absolute atomic E-state index is 0.211. The van der Waals surface area contributed by atoms with Crippen molar-refractivity contribution < 1.29 is 4.74 Å². The van der Waals surface area contributed by atoms with Gasteiger partial charge in [0.25, 0.3) is 0 Å². The van der Waals surface area contributed by atoms with Crippen LogP contribution in [0.3, 0.4) is 0 Å². The van der Waals surface area contributed by atoms with Crippen LogP contribution >= 0.6 is 11.3 Å². The van der Waals surface area contributed by atoms with Gasteiger partial charge in [-0.2, -0.15) is 0 Å². The Morgan fingerprint density at radius 2 is 2.28 bits per heavy atom. The van der Waals surface area contributed by atoms with Gasteiger partial charge >= 0.3 is 0 Å². The van der Waals surface area contributed by atoms with Crippen LogP contribution in [-0.4, -0.2) is 31.3 Å². The summed E-state index contributed by atoms with van der Waals surface area (Å²) in [5.41, 5.74) is 7.41. The van der Waals surface area contributed by atoms with E-state index in [2.05, 4.69) is 4.90 Å². The molecule has 1 saturated heterocycles. The molecule has 2 atom stereocenters. The van der Waals surface area contributed by atoms with Crippen molar-refractivity contribution in [2.75, 3.05) is 25.1 Å². The first-order valence-corrected chi connectivity index (χ1v) is 7.62. The zero-order chi connectivity index (χ0) is 12.5. The van der Waals surface area contributed by atoms with Gasteiger partial charge in [0.05, 0.1) is 11.8 Å². The third kappa shape index (κ3) is 2.27. The van der Waals surface area contributed by atoms with Gasteiger partial charge < -0.3 is 15.4 Å². The summed E-state index contributed by atoms with van der Waals surface area (Å²) in [7, 11) is 1.80. The highest BCUT2D eigenvalue weighted by Gasteiger charge is 2.26. The Labute approximate surface area is 112 Å². The van der Waals surface area contributed by atoms with Gasteiger partial charge in [-0.05, 0) is 32.1 Å². The smallest absolute Gasteiger partial charge is 0.185 e. The number of hydrogen-bond acceptors (Lipinski definition) is 5. The quantitative estimate of drug-likeness (QED) is 0.891. The molecule has 0 radical (unpaired) electrons. The van der Waals surface area contributed by atoms with Crippen molar-refractivity contribution in [1.29, 1.82) is 0 Å². The minimum Gasteiger partial charge on any atom is -0.380 e. The minimum atomic E-state index is 0.211. The number of thiazole rings is 1. The van der Waals surface area contributed by atoms with Gasteiger partial charge in [0.1, 0.15) is 0 Å². The number of rotatable bonds is 2. The molecule has 2 aliphatic rings. The Balaban J connectivity index is 1.80. The molecular formula is C13H21N3OS. The highest BCUT2D eigenvalue weighted by atomic mass is 32.1. The Hall–Kier alpha value is -0.650. The van der Waals surface area contributed by atoms with E-state index in [1.165, 1.54) is 23.4 Å². The maximum atomic E-state index is 6.17. The van der Waals surface area contributed by atoms with Crippen LogP contribution in [0.25, 0.3) is 0 Å². The maximum absolute atomic E-state index is 6.17. The second-order valence-electron chi connectivity index (χ2n) is 5.25. The zero-order valence-corrected chi connectivity index (χ0v) is 11.7. The molecule has 0 bridgehead atoms. The van der Waals surface area contributed by atoms with E-state index in [4.69, 9.17) is 15.5 Å². The van der Waals surface area contributed by atoms with E-state index in [9.17, 15) is 0 Å². The Morgan fingerprint density at radius 3 is 3.06 bits per heavy atom. The molecule has 0 amide bonds. The lowest BCUT2D eigenvalue weighted by Gasteiger charge is -2.31. The van der Waals surface area contributed by atoms with Crippen LogP contribution < -0.4 is 10.6 Å². The molecule has 1 aromatic heterocycles. The van der Waals surface area contributed by atoms with Crippen molar-refractivity contribution >= 4 is 16.5 Å². The van der Waals surface area contributed by atoms with Crippen molar-refractivity contribution in [1.82, 2.24) is 4.98 Å². The van der Waals surface area contributed by atoms with Gasteiger partial charge in [-0.3, -0.25) is 0 Å². The van der Waals surface area contributed by atoms with Gasteiger partial charge in [-0.1, -0.05) is 11.3 Å². The van der Waals surface area contributed by atoms with Gasteiger partial charge in [0, 0.05) is 31.1 Å². The summed E-state index contributed by atoms with van der Waals surface area (Å²) in [6.45, 7) is 2.07. The molecular weight excluding hydrogens is 246 g/mol. The number of fused-ring (bicyclic) bond motifs is 1. The number of nitrogens with zero attached hydrogens (tertiary/aromatic N) is 2. The molecule has 1 aliphatic heterocycles. The number of piperidine rings is 1. The molecule has 0 saturated carbocycles. The van der Waals surface area contributed by atoms with Crippen molar-refractivity contribution in [2.24, 2.45) is 5.73 Å². The molecule has 5 heteroatoms. The van der Waals surface area contributed by atoms with Crippen molar-refractivity contribution in [3.05, 3.63) is 10.6 Å². The molecule has 2 N–H and O–H groups in total. The molecule has 4 nitrogen and oxygen atoms in total. The molecule has 100 valence electrons. The molecule has 18 heavy (non-hydrogen) atoms. The number of aromatic nitrogens is 1. The number of aryl methyl sites for hydroxylation is 1. The molecule has 1 aliphatic carbocycles. The molecule has 1 aromatic rings. The average Bonchev–Trinajstić information content (AvgIpc) is 2.84. The first kappa shape index (κ1) is 12.4. The summed E-state index contributed by atoms with van der Waals surface area (Å²) in [5.74, 6) is 0. The van der Waals surface area contributed by atoms with Crippen molar-refractivity contribution in [3.63, 3.8) is 0 Å². The first-order chi connectivity index (χ1) is 8.78. The lowest BCUT2D eigenvalue weighted by atomic mass is 9.99. The number of hydrogen-bond donors (Lipinski definition) is 1. The van der Waals surface area contributed by atoms with Gasteiger partial charge in [-0.15, -0.1) is 0 Å². The van der Waals surface area contributed by atoms with E-state index in [-0.39, 0.29) is 6.04 Å². The van der Waals surface area contributed by atoms with Gasteiger partial charge in [-0.25, -0.2) is 4.98 Å². The molecule has 3 rings (SSSR count). The van der Waals surface area contributed by atoms with E-state index in [0.29, 0.717) is 6.10 Å². The lowest BCUT2D eigenvalue weighted by molar-refractivity contribution is 0.0893. The standard InChI is InChI=1S/C13H21N3OS/c1-17-9-4-3-7-16(8-9)13-15-11-6-2-5-10(14)12(11)18-13/h9-10H,2-8,14H2,1H3. The first-order valence-electron chi connectivity index (χ1n) is 6.81. The van der Waals surface area contributed by atoms with Gasteiger partial charge in [0.2, 0.25) is 0 Å². The summed E-state index contributed by atoms with van der Waals surface area (Å²) in [5, 5.41) is 1.15. The van der Waals surface area contributed by atoms with E-state index in [1.54, 1.807) is 18.4 Å². The fourth-order valence-corrected chi connectivity index (χ4v) is 4.06. The number of ether oxygens (including phenoxy) is 1. The normalized spacial score (nSPS) is 28.2. The highest BCUT2D eigenvalue weighted by molar-refractivity contribution is 7.15. The monoisotopic (exact) mass is 267 g/mol. The third-order valence-electron chi connectivity index (χ3n) is 3.96. The lowest BCUT2D eigenvalue weighted by Crippen LogP contribution is -2.39. The molecule has 0 aromatic carbocycles. The van der Waals surface area contributed by atoms with Crippen LogP contribution in [0, 0.1) is 0 Å².